The first kappa shape index (κ1) is 37.6. The van der Waals surface area contributed by atoms with E-state index in [2.05, 4.69) is 35.0 Å². The fourth-order valence-corrected chi connectivity index (χ4v) is 4.71. The summed E-state index contributed by atoms with van der Waals surface area (Å²) in [7, 11) is 6.86. The molecule has 0 atom stereocenters. The van der Waals surface area contributed by atoms with Crippen LogP contribution >= 0.6 is 0 Å². The van der Waals surface area contributed by atoms with Crippen molar-refractivity contribution in [2.24, 2.45) is 0 Å². The van der Waals surface area contributed by atoms with Crippen LogP contribution in [0.1, 0.15) is 181 Å². The second-order valence-electron chi connectivity index (χ2n) is 12.3. The van der Waals surface area contributed by atoms with Crippen LogP contribution in [0, 0.1) is 0 Å². The molecule has 3 heteroatoms. The number of nitrogens with zero attached hydrogens (tertiary/aromatic N) is 1. The van der Waals surface area contributed by atoms with Gasteiger partial charge in [-0.3, -0.25) is 0 Å². The van der Waals surface area contributed by atoms with E-state index in [4.69, 9.17) is 0 Å². The maximum absolute atomic E-state index is 10.2. The minimum atomic E-state index is -0.903. The Kier molecular flexibility index (Phi) is 32.0. The van der Waals surface area contributed by atoms with Crippen molar-refractivity contribution >= 4 is 5.97 Å². The molecule has 0 radical (unpaired) electrons. The third-order valence-electron chi connectivity index (χ3n) is 7.17. The van der Waals surface area contributed by atoms with Gasteiger partial charge in [0.25, 0.3) is 0 Å². The van der Waals surface area contributed by atoms with Gasteiger partial charge in [-0.2, -0.15) is 0 Å². The fraction of sp³-hybridized carbons (Fsp3) is 0.970. The molecule has 0 fully saturated rings. The summed E-state index contributed by atoms with van der Waals surface area (Å²) in [4.78, 5) is 10.2. The van der Waals surface area contributed by atoms with Gasteiger partial charge in [-0.15, -0.1) is 0 Å². The minimum absolute atomic E-state index is 0.234. The highest BCUT2D eigenvalue weighted by Gasteiger charge is 2.04. The number of unbranched alkanes of at least 4 members (excludes halogenated alkanes) is 23. The molecule has 0 unspecified atom stereocenters. The predicted octanol–water partition coefficient (Wildman–Crippen LogP) is 9.61. The Labute approximate surface area is 228 Å². The van der Waals surface area contributed by atoms with Gasteiger partial charge in [0.15, 0.2) is 0 Å². The number of carbonyl (C=O) groups is 1. The van der Waals surface area contributed by atoms with Crippen molar-refractivity contribution < 1.29 is 14.4 Å². The van der Waals surface area contributed by atoms with E-state index >= 15 is 0 Å². The Morgan fingerprint density at radius 1 is 0.444 bits per heavy atom. The number of quaternary nitrogens is 1. The first-order valence-electron chi connectivity index (χ1n) is 16.3. The molecule has 0 aromatic rings. The van der Waals surface area contributed by atoms with Gasteiger partial charge in [-0.1, -0.05) is 155 Å². The molecule has 0 aromatic carbocycles. The molecular formula is C33H69NO2. The summed E-state index contributed by atoms with van der Waals surface area (Å²) in [5.74, 6) is -0.903. The lowest BCUT2D eigenvalue weighted by Crippen LogP contribution is -2.35. The van der Waals surface area contributed by atoms with Crippen LogP contribution in [-0.4, -0.2) is 38.1 Å². The van der Waals surface area contributed by atoms with Crippen LogP contribution in [0.4, 0.5) is 0 Å². The molecule has 0 aliphatic rings. The summed E-state index contributed by atoms with van der Waals surface area (Å²) in [5, 5.41) is 10.2. The lowest BCUT2D eigenvalue weighted by molar-refractivity contribution is -0.870. The van der Waals surface area contributed by atoms with Gasteiger partial charge in [-0.25, -0.2) is 0 Å². The van der Waals surface area contributed by atoms with Crippen molar-refractivity contribution in [3.63, 3.8) is 0 Å². The molecule has 0 aromatic heterocycles. The van der Waals surface area contributed by atoms with E-state index in [0.29, 0.717) is 0 Å². The van der Waals surface area contributed by atoms with Crippen molar-refractivity contribution in [3.05, 3.63) is 0 Å². The lowest BCUT2D eigenvalue weighted by Gasteiger charge is -2.23. The Balaban J connectivity index is 0. The highest BCUT2D eigenvalue weighted by atomic mass is 16.4. The molecule has 0 heterocycles. The van der Waals surface area contributed by atoms with E-state index in [1.54, 1.807) is 0 Å². The van der Waals surface area contributed by atoms with E-state index in [9.17, 15) is 9.90 Å². The molecule has 0 rings (SSSR count). The van der Waals surface area contributed by atoms with Gasteiger partial charge in [0.2, 0.25) is 0 Å². The largest absolute Gasteiger partial charge is 0.550 e. The van der Waals surface area contributed by atoms with Crippen LogP contribution in [0.2, 0.25) is 0 Å². The molecule has 0 amide bonds. The van der Waals surface area contributed by atoms with E-state index in [1.807, 2.05) is 0 Å². The number of rotatable bonds is 27. The summed E-state index contributed by atoms with van der Waals surface area (Å²) in [6, 6.07) is 0. The Morgan fingerprint density at radius 3 is 0.944 bits per heavy atom. The molecule has 218 valence electrons. The van der Waals surface area contributed by atoms with Gasteiger partial charge in [0.1, 0.15) is 0 Å². The third-order valence-corrected chi connectivity index (χ3v) is 7.17. The Morgan fingerprint density at radius 2 is 0.694 bits per heavy atom. The molecular weight excluding hydrogens is 442 g/mol. The summed E-state index contributed by atoms with van der Waals surface area (Å²) in [5.41, 5.74) is 0. The van der Waals surface area contributed by atoms with Crippen LogP contribution in [0.15, 0.2) is 0 Å². The second-order valence-corrected chi connectivity index (χ2v) is 12.3. The van der Waals surface area contributed by atoms with Crippen LogP contribution in [0.25, 0.3) is 0 Å². The van der Waals surface area contributed by atoms with Crippen molar-refractivity contribution in [2.75, 3.05) is 27.7 Å². The monoisotopic (exact) mass is 512 g/mol. The van der Waals surface area contributed by atoms with E-state index < -0.39 is 5.97 Å². The number of aliphatic carboxylic acids is 1. The van der Waals surface area contributed by atoms with E-state index in [1.165, 1.54) is 154 Å². The molecule has 0 aliphatic carbocycles. The standard InChI is InChI=1S/C18H36O2.C15H34N/c1-2-3-4-5-6-7-8-9-10-11-12-13-14-15-16-17-18(19)20;1-5-6-7-8-9-10-11-12-13-14-15-16(2,3)4/h2-17H2,1H3,(H,19,20);5-15H2,1-4H3/q;+1/p-1. The van der Waals surface area contributed by atoms with Crippen molar-refractivity contribution in [3.8, 4) is 0 Å². The van der Waals surface area contributed by atoms with E-state index in [-0.39, 0.29) is 6.42 Å². The summed E-state index contributed by atoms with van der Waals surface area (Å²) < 4.78 is 1.12. The van der Waals surface area contributed by atoms with Crippen LogP contribution in [0.3, 0.4) is 0 Å². The van der Waals surface area contributed by atoms with Crippen LogP contribution < -0.4 is 5.11 Å². The molecule has 0 N–H and O–H groups in total. The smallest absolute Gasteiger partial charge is 0.0780 e. The van der Waals surface area contributed by atoms with Crippen molar-refractivity contribution in [1.29, 1.82) is 0 Å². The van der Waals surface area contributed by atoms with Crippen molar-refractivity contribution in [2.45, 2.75) is 181 Å². The quantitative estimate of drug-likeness (QED) is 0.0813. The van der Waals surface area contributed by atoms with Gasteiger partial charge < -0.3 is 14.4 Å². The molecule has 0 spiro atoms. The average molecular weight is 512 g/mol. The lowest BCUT2D eigenvalue weighted by atomic mass is 10.0. The highest BCUT2D eigenvalue weighted by molar-refractivity contribution is 5.64. The first-order valence-corrected chi connectivity index (χ1v) is 16.3. The normalized spacial score (nSPS) is 11.4. The average Bonchev–Trinajstić information content (AvgIpc) is 2.82. The summed E-state index contributed by atoms with van der Waals surface area (Å²) in [6.07, 6.45) is 34.3. The Hall–Kier alpha value is -0.570. The SMILES string of the molecule is CCCCCCCCCCCCCCCCCC(=O)[O-].CCCCCCCCCCCC[N+](C)(C)C. The van der Waals surface area contributed by atoms with Gasteiger partial charge >= 0.3 is 0 Å². The van der Waals surface area contributed by atoms with Crippen LogP contribution in [-0.2, 0) is 4.79 Å². The predicted molar refractivity (Wildman–Crippen MR) is 159 cm³/mol. The molecule has 0 saturated heterocycles. The third kappa shape index (κ3) is 40.6. The number of hydrogen-bond donors (Lipinski definition) is 0. The molecule has 0 bridgehead atoms. The zero-order valence-electron chi connectivity index (χ0n) is 25.9. The maximum atomic E-state index is 10.2. The number of carboxylic acids is 1. The van der Waals surface area contributed by atoms with Gasteiger partial charge in [0.05, 0.1) is 27.7 Å². The number of carboxylic acid groups (broad SMARTS) is 1. The molecule has 0 aliphatic heterocycles. The zero-order valence-corrected chi connectivity index (χ0v) is 25.9. The summed E-state index contributed by atoms with van der Waals surface area (Å²) >= 11 is 0. The Bertz CT molecular complexity index is 416. The van der Waals surface area contributed by atoms with Gasteiger partial charge in [0, 0.05) is 5.97 Å². The van der Waals surface area contributed by atoms with Gasteiger partial charge in [-0.05, 0) is 25.7 Å². The topological polar surface area (TPSA) is 40.1 Å². The van der Waals surface area contributed by atoms with Crippen LogP contribution in [0.5, 0.6) is 0 Å². The number of carbonyl (C=O) groups excluding carboxylic acids is 1. The highest BCUT2D eigenvalue weighted by Crippen LogP contribution is 2.14. The van der Waals surface area contributed by atoms with E-state index in [0.717, 1.165) is 17.3 Å². The van der Waals surface area contributed by atoms with Crippen molar-refractivity contribution in [1.82, 2.24) is 0 Å². The minimum Gasteiger partial charge on any atom is -0.550 e. The first-order chi connectivity index (χ1) is 17.3. The fourth-order valence-electron chi connectivity index (χ4n) is 4.71. The summed E-state index contributed by atoms with van der Waals surface area (Å²) in [6.45, 7) is 5.88. The zero-order chi connectivity index (χ0) is 27.2. The second kappa shape index (κ2) is 30.7. The molecule has 0 saturated carbocycles. The maximum Gasteiger partial charge on any atom is 0.0780 e. The number of hydrogen-bond acceptors (Lipinski definition) is 2. The molecule has 3 nitrogen and oxygen atoms in total. The molecule has 36 heavy (non-hydrogen) atoms.